The van der Waals surface area contributed by atoms with Gasteiger partial charge in [0.2, 0.25) is 5.91 Å². The monoisotopic (exact) mass is 368 g/mol. The lowest BCUT2D eigenvalue weighted by molar-refractivity contribution is -0.132. The predicted molar refractivity (Wildman–Crippen MR) is 101 cm³/mol. The Morgan fingerprint density at radius 3 is 2.63 bits per heavy atom. The highest BCUT2D eigenvalue weighted by atomic mass is 16.2. The van der Waals surface area contributed by atoms with Crippen molar-refractivity contribution in [1.29, 1.82) is 0 Å². The first-order chi connectivity index (χ1) is 13.0. The summed E-state index contributed by atoms with van der Waals surface area (Å²) in [5, 5.41) is 2.86. The van der Waals surface area contributed by atoms with E-state index in [1.54, 1.807) is 11.1 Å². The number of nitrogens with zero attached hydrogens (tertiary/aromatic N) is 3. The molecule has 27 heavy (non-hydrogen) atoms. The molecule has 1 saturated heterocycles. The van der Waals surface area contributed by atoms with Crippen LogP contribution in [0.2, 0.25) is 0 Å². The smallest absolute Gasteiger partial charge is 0.253 e. The molecule has 0 saturated carbocycles. The number of carbonyl (C=O) groups excluding carboxylic acids is 2. The van der Waals surface area contributed by atoms with E-state index in [0.29, 0.717) is 5.56 Å². The van der Waals surface area contributed by atoms with Crippen molar-refractivity contribution in [3.8, 4) is 0 Å². The predicted octanol–water partition coefficient (Wildman–Crippen LogP) is 1.75. The Labute approximate surface area is 158 Å². The summed E-state index contributed by atoms with van der Waals surface area (Å²) in [5.74, 6) is -0.400. The molecule has 7 nitrogen and oxygen atoms in total. The molecule has 1 atom stereocenters. The van der Waals surface area contributed by atoms with E-state index in [0.717, 1.165) is 38.0 Å². The maximum absolute atomic E-state index is 12.5. The zero-order valence-corrected chi connectivity index (χ0v) is 15.4. The highest BCUT2D eigenvalue weighted by molar-refractivity contribution is 5.94. The van der Waals surface area contributed by atoms with Crippen molar-refractivity contribution < 1.29 is 9.59 Å². The van der Waals surface area contributed by atoms with E-state index in [4.69, 9.17) is 0 Å². The van der Waals surface area contributed by atoms with Crippen LogP contribution in [0, 0.1) is 0 Å². The number of hydrogen-bond donors (Lipinski definition) is 1. The molecule has 1 unspecified atom stereocenters. The molecular formula is C20H24N4O3. The number of pyridine rings is 2. The standard InChI is InChI=1S/C20H24N4O3/c1-15(17-7-3-4-10-21-17)22-20(27)16-8-9-18(25)24(13-16)14-19(26)23-11-5-2-6-12-23/h3-4,7-10,13,15H,2,5-6,11-12,14H2,1H3,(H,22,27). The molecule has 1 fully saturated rings. The molecule has 7 heteroatoms. The number of rotatable bonds is 5. The summed E-state index contributed by atoms with van der Waals surface area (Å²) in [6.07, 6.45) is 6.24. The Morgan fingerprint density at radius 2 is 1.93 bits per heavy atom. The maximum Gasteiger partial charge on any atom is 0.253 e. The average Bonchev–Trinajstić information content (AvgIpc) is 2.70. The molecule has 142 valence electrons. The maximum atomic E-state index is 12.5. The second-order valence-electron chi connectivity index (χ2n) is 6.78. The van der Waals surface area contributed by atoms with Crippen LogP contribution in [0.1, 0.15) is 48.3 Å². The fraction of sp³-hybridized carbons (Fsp3) is 0.400. The molecule has 2 aromatic rings. The third-order valence-electron chi connectivity index (χ3n) is 4.74. The highest BCUT2D eigenvalue weighted by Crippen LogP contribution is 2.11. The molecule has 0 bridgehead atoms. The van der Waals surface area contributed by atoms with Crippen LogP contribution in [-0.2, 0) is 11.3 Å². The fourth-order valence-electron chi connectivity index (χ4n) is 3.16. The first-order valence-corrected chi connectivity index (χ1v) is 9.24. The van der Waals surface area contributed by atoms with Crippen LogP contribution in [0.25, 0.3) is 0 Å². The molecule has 0 radical (unpaired) electrons. The lowest BCUT2D eigenvalue weighted by Crippen LogP contribution is -2.39. The molecule has 1 aliphatic rings. The number of hydrogen-bond acceptors (Lipinski definition) is 4. The van der Waals surface area contributed by atoms with E-state index < -0.39 is 0 Å². The van der Waals surface area contributed by atoms with Gasteiger partial charge in [0.1, 0.15) is 6.54 Å². The van der Waals surface area contributed by atoms with E-state index in [9.17, 15) is 14.4 Å². The largest absolute Gasteiger partial charge is 0.344 e. The third-order valence-corrected chi connectivity index (χ3v) is 4.74. The van der Waals surface area contributed by atoms with Crippen molar-refractivity contribution in [2.24, 2.45) is 0 Å². The van der Waals surface area contributed by atoms with Gasteiger partial charge in [-0.15, -0.1) is 0 Å². The fourth-order valence-corrected chi connectivity index (χ4v) is 3.16. The van der Waals surface area contributed by atoms with Gasteiger partial charge in [0.05, 0.1) is 17.3 Å². The Kier molecular flexibility index (Phi) is 6.01. The molecule has 3 heterocycles. The zero-order valence-electron chi connectivity index (χ0n) is 15.4. The lowest BCUT2D eigenvalue weighted by atomic mass is 10.1. The van der Waals surface area contributed by atoms with Crippen LogP contribution in [-0.4, -0.2) is 39.4 Å². The Morgan fingerprint density at radius 1 is 1.15 bits per heavy atom. The quantitative estimate of drug-likeness (QED) is 0.871. The average molecular weight is 368 g/mol. The minimum absolute atomic E-state index is 0.0459. The molecule has 0 aliphatic carbocycles. The number of piperidine rings is 1. The minimum Gasteiger partial charge on any atom is -0.344 e. The second kappa shape index (κ2) is 8.62. The molecule has 0 aromatic carbocycles. The van der Waals surface area contributed by atoms with Gasteiger partial charge in [0.15, 0.2) is 0 Å². The first kappa shape index (κ1) is 18.8. The number of carbonyl (C=O) groups is 2. The first-order valence-electron chi connectivity index (χ1n) is 9.24. The summed E-state index contributed by atoms with van der Waals surface area (Å²) in [4.78, 5) is 43.1. The summed E-state index contributed by atoms with van der Waals surface area (Å²) in [6.45, 7) is 3.26. The summed E-state index contributed by atoms with van der Waals surface area (Å²) in [6, 6.07) is 8.04. The Bertz CT molecular complexity index is 857. The highest BCUT2D eigenvalue weighted by Gasteiger charge is 2.18. The normalized spacial score (nSPS) is 15.2. The van der Waals surface area contributed by atoms with Crippen molar-refractivity contribution >= 4 is 11.8 Å². The number of nitrogens with one attached hydrogen (secondary N) is 1. The molecule has 1 N–H and O–H groups in total. The number of amides is 2. The molecule has 2 amide bonds. The van der Waals surface area contributed by atoms with E-state index in [1.807, 2.05) is 25.1 Å². The second-order valence-corrected chi connectivity index (χ2v) is 6.78. The molecule has 1 aliphatic heterocycles. The van der Waals surface area contributed by atoms with Crippen LogP contribution < -0.4 is 10.9 Å². The van der Waals surface area contributed by atoms with Gasteiger partial charge in [0.25, 0.3) is 11.5 Å². The lowest BCUT2D eigenvalue weighted by Gasteiger charge is -2.27. The third kappa shape index (κ3) is 4.81. The van der Waals surface area contributed by atoms with E-state index >= 15 is 0 Å². The number of likely N-dealkylation sites (tertiary alicyclic amines) is 1. The van der Waals surface area contributed by atoms with Gasteiger partial charge < -0.3 is 14.8 Å². The summed E-state index contributed by atoms with van der Waals surface area (Å²) < 4.78 is 1.30. The molecule has 3 rings (SSSR count). The van der Waals surface area contributed by atoms with Gasteiger partial charge in [-0.2, -0.15) is 0 Å². The van der Waals surface area contributed by atoms with Gasteiger partial charge >= 0.3 is 0 Å². The van der Waals surface area contributed by atoms with Crippen LogP contribution in [0.3, 0.4) is 0 Å². The van der Waals surface area contributed by atoms with Crippen LogP contribution in [0.4, 0.5) is 0 Å². The Balaban J connectivity index is 1.69. The topological polar surface area (TPSA) is 84.3 Å². The molecule has 0 spiro atoms. The van der Waals surface area contributed by atoms with Crippen LogP contribution in [0.5, 0.6) is 0 Å². The van der Waals surface area contributed by atoms with Crippen molar-refractivity contribution in [2.45, 2.75) is 38.8 Å². The van der Waals surface area contributed by atoms with Crippen molar-refractivity contribution in [1.82, 2.24) is 19.8 Å². The van der Waals surface area contributed by atoms with E-state index in [-0.39, 0.29) is 30.0 Å². The minimum atomic E-state index is -0.313. The SMILES string of the molecule is CC(NC(=O)c1ccc(=O)n(CC(=O)N2CCCCC2)c1)c1ccccn1. The zero-order chi connectivity index (χ0) is 19.2. The van der Waals surface area contributed by atoms with Crippen LogP contribution in [0.15, 0.2) is 47.5 Å². The van der Waals surface area contributed by atoms with Crippen molar-refractivity contribution in [3.63, 3.8) is 0 Å². The van der Waals surface area contributed by atoms with Crippen molar-refractivity contribution in [3.05, 3.63) is 64.3 Å². The number of aromatic nitrogens is 2. The Hall–Kier alpha value is -2.96. The van der Waals surface area contributed by atoms with E-state index in [1.165, 1.54) is 22.9 Å². The van der Waals surface area contributed by atoms with Gasteiger partial charge in [-0.3, -0.25) is 19.4 Å². The molecule has 2 aromatic heterocycles. The van der Waals surface area contributed by atoms with Gasteiger partial charge in [-0.25, -0.2) is 0 Å². The van der Waals surface area contributed by atoms with Crippen molar-refractivity contribution in [2.75, 3.05) is 13.1 Å². The summed E-state index contributed by atoms with van der Waals surface area (Å²) in [5.41, 5.74) is 0.790. The summed E-state index contributed by atoms with van der Waals surface area (Å²) in [7, 11) is 0. The molecular weight excluding hydrogens is 344 g/mol. The summed E-state index contributed by atoms with van der Waals surface area (Å²) >= 11 is 0. The van der Waals surface area contributed by atoms with Gasteiger partial charge in [-0.05, 0) is 44.4 Å². The van der Waals surface area contributed by atoms with Gasteiger partial charge in [-0.1, -0.05) is 6.07 Å². The van der Waals surface area contributed by atoms with E-state index in [2.05, 4.69) is 10.3 Å². The van der Waals surface area contributed by atoms with Gasteiger partial charge in [0, 0.05) is 31.5 Å². The van der Waals surface area contributed by atoms with Crippen LogP contribution >= 0.6 is 0 Å².